The molecule has 0 radical (unpaired) electrons. The standard InChI is InChI=1S/C22H22N2O4S/c1-14(2)15-8-10-17(11-9-15)23-20(25)13-24-21(26)19(29-22(24)27)12-16-6-4-5-7-18(16)28-3/h4-12,14H,13H2,1-3H3,(H,23,25)/b19-12-. The minimum absolute atomic E-state index is 0.258. The minimum Gasteiger partial charge on any atom is -0.496 e. The molecule has 3 rings (SSSR count). The number of rotatable bonds is 6. The van der Waals surface area contributed by atoms with Crippen molar-refractivity contribution in [3.63, 3.8) is 0 Å². The van der Waals surface area contributed by atoms with E-state index in [0.29, 0.717) is 22.9 Å². The summed E-state index contributed by atoms with van der Waals surface area (Å²) in [6.07, 6.45) is 1.60. The van der Waals surface area contributed by atoms with Gasteiger partial charge in [-0.2, -0.15) is 0 Å². The average molecular weight is 410 g/mol. The lowest BCUT2D eigenvalue weighted by molar-refractivity contribution is -0.127. The summed E-state index contributed by atoms with van der Waals surface area (Å²) in [6.45, 7) is 3.85. The van der Waals surface area contributed by atoms with E-state index in [0.717, 1.165) is 22.2 Å². The van der Waals surface area contributed by atoms with Crippen molar-refractivity contribution in [2.45, 2.75) is 19.8 Å². The van der Waals surface area contributed by atoms with Gasteiger partial charge in [0, 0.05) is 11.3 Å². The maximum absolute atomic E-state index is 12.6. The second-order valence-electron chi connectivity index (χ2n) is 6.83. The van der Waals surface area contributed by atoms with Crippen molar-refractivity contribution in [1.29, 1.82) is 0 Å². The fourth-order valence-electron chi connectivity index (χ4n) is 2.86. The number of hydrogen-bond acceptors (Lipinski definition) is 5. The molecule has 1 fully saturated rings. The number of ether oxygens (including phenoxy) is 1. The summed E-state index contributed by atoms with van der Waals surface area (Å²) >= 11 is 0.812. The van der Waals surface area contributed by atoms with E-state index in [1.165, 1.54) is 7.11 Å². The monoisotopic (exact) mass is 410 g/mol. The summed E-state index contributed by atoms with van der Waals surface area (Å²) < 4.78 is 5.27. The number of amides is 3. The first-order chi connectivity index (χ1) is 13.9. The van der Waals surface area contributed by atoms with E-state index < -0.39 is 17.1 Å². The molecule has 2 aromatic carbocycles. The fraction of sp³-hybridized carbons (Fsp3) is 0.227. The highest BCUT2D eigenvalue weighted by molar-refractivity contribution is 8.18. The van der Waals surface area contributed by atoms with Crippen LogP contribution in [0.2, 0.25) is 0 Å². The Hall–Kier alpha value is -3.06. The second kappa shape index (κ2) is 8.96. The van der Waals surface area contributed by atoms with E-state index in [1.54, 1.807) is 18.2 Å². The van der Waals surface area contributed by atoms with Gasteiger partial charge in [0.2, 0.25) is 5.91 Å². The smallest absolute Gasteiger partial charge is 0.294 e. The Labute approximate surface area is 173 Å². The van der Waals surface area contributed by atoms with Gasteiger partial charge in [-0.05, 0) is 47.5 Å². The number of carbonyl (C=O) groups excluding carboxylic acids is 3. The van der Waals surface area contributed by atoms with Crippen LogP contribution in [-0.2, 0) is 9.59 Å². The van der Waals surface area contributed by atoms with E-state index in [-0.39, 0.29) is 11.4 Å². The van der Waals surface area contributed by atoms with E-state index >= 15 is 0 Å². The number of anilines is 1. The van der Waals surface area contributed by atoms with E-state index in [2.05, 4.69) is 19.2 Å². The van der Waals surface area contributed by atoms with Crippen molar-refractivity contribution >= 4 is 40.6 Å². The Kier molecular flexibility index (Phi) is 6.39. The molecule has 1 saturated heterocycles. The van der Waals surface area contributed by atoms with Gasteiger partial charge < -0.3 is 10.1 Å². The lowest BCUT2D eigenvalue weighted by atomic mass is 10.0. The zero-order valence-electron chi connectivity index (χ0n) is 16.5. The SMILES string of the molecule is COc1ccccc1/C=C1\SC(=O)N(CC(=O)Nc2ccc(C(C)C)cc2)C1=O. The molecule has 0 saturated carbocycles. The molecule has 1 aliphatic heterocycles. The zero-order chi connectivity index (χ0) is 21.0. The van der Waals surface area contributed by atoms with Crippen molar-refractivity contribution in [1.82, 2.24) is 4.90 Å². The van der Waals surface area contributed by atoms with E-state index in [9.17, 15) is 14.4 Å². The summed E-state index contributed by atoms with van der Waals surface area (Å²) in [7, 11) is 1.54. The largest absolute Gasteiger partial charge is 0.496 e. The van der Waals surface area contributed by atoms with Crippen LogP contribution < -0.4 is 10.1 Å². The number of nitrogens with one attached hydrogen (secondary N) is 1. The predicted octanol–water partition coefficient (Wildman–Crippen LogP) is 4.49. The van der Waals surface area contributed by atoms with Crippen molar-refractivity contribution in [2.24, 2.45) is 0 Å². The van der Waals surface area contributed by atoms with E-state index in [4.69, 9.17) is 4.74 Å². The van der Waals surface area contributed by atoms with Crippen LogP contribution in [0, 0.1) is 0 Å². The summed E-state index contributed by atoms with van der Waals surface area (Å²) in [5.41, 5.74) is 2.47. The fourth-order valence-corrected chi connectivity index (χ4v) is 3.69. The van der Waals surface area contributed by atoms with Crippen molar-refractivity contribution in [3.8, 4) is 5.75 Å². The third-order valence-corrected chi connectivity index (χ3v) is 5.37. The molecular formula is C22H22N2O4S. The summed E-state index contributed by atoms with van der Waals surface area (Å²) in [4.78, 5) is 38.4. The number of para-hydroxylation sites is 1. The third kappa shape index (κ3) is 4.86. The highest BCUT2D eigenvalue weighted by Gasteiger charge is 2.36. The van der Waals surface area contributed by atoms with Crippen LogP contribution in [0.15, 0.2) is 53.4 Å². The highest BCUT2D eigenvalue weighted by Crippen LogP contribution is 2.33. The molecule has 1 aliphatic rings. The topological polar surface area (TPSA) is 75.7 Å². The number of methoxy groups -OCH3 is 1. The average Bonchev–Trinajstić information content (AvgIpc) is 2.96. The van der Waals surface area contributed by atoms with Crippen LogP contribution >= 0.6 is 11.8 Å². The van der Waals surface area contributed by atoms with Crippen molar-refractivity contribution < 1.29 is 19.1 Å². The van der Waals surface area contributed by atoms with Gasteiger partial charge in [-0.15, -0.1) is 0 Å². The van der Waals surface area contributed by atoms with Gasteiger partial charge in [0.1, 0.15) is 12.3 Å². The molecule has 1 heterocycles. The molecule has 7 heteroatoms. The van der Waals surface area contributed by atoms with Crippen LogP contribution in [0.3, 0.4) is 0 Å². The number of nitrogens with zero attached hydrogens (tertiary/aromatic N) is 1. The molecule has 0 bridgehead atoms. The molecule has 0 aromatic heterocycles. The Morgan fingerprint density at radius 2 is 1.83 bits per heavy atom. The van der Waals surface area contributed by atoms with Crippen LogP contribution in [0.1, 0.15) is 30.9 Å². The number of thioether (sulfide) groups is 1. The third-order valence-electron chi connectivity index (χ3n) is 4.46. The lowest BCUT2D eigenvalue weighted by Crippen LogP contribution is -2.36. The number of hydrogen-bond donors (Lipinski definition) is 1. The molecule has 150 valence electrons. The molecule has 6 nitrogen and oxygen atoms in total. The van der Waals surface area contributed by atoms with Crippen LogP contribution in [0.25, 0.3) is 6.08 Å². The molecule has 1 N–H and O–H groups in total. The number of benzene rings is 2. The molecular weight excluding hydrogens is 388 g/mol. The molecule has 0 aliphatic carbocycles. The first kappa shape index (κ1) is 20.7. The first-order valence-corrected chi connectivity index (χ1v) is 9.99. The maximum Gasteiger partial charge on any atom is 0.294 e. The van der Waals surface area contributed by atoms with Gasteiger partial charge in [-0.1, -0.05) is 44.2 Å². The van der Waals surface area contributed by atoms with Crippen molar-refractivity contribution in [2.75, 3.05) is 19.0 Å². The molecule has 0 atom stereocenters. The zero-order valence-corrected chi connectivity index (χ0v) is 17.3. The van der Waals surface area contributed by atoms with Gasteiger partial charge in [0.25, 0.3) is 11.1 Å². The van der Waals surface area contributed by atoms with Crippen LogP contribution in [0.4, 0.5) is 10.5 Å². The maximum atomic E-state index is 12.6. The minimum atomic E-state index is -0.490. The molecule has 29 heavy (non-hydrogen) atoms. The number of imide groups is 1. The lowest BCUT2D eigenvalue weighted by Gasteiger charge is -2.13. The molecule has 0 unspecified atom stereocenters. The summed E-state index contributed by atoms with van der Waals surface area (Å²) in [5, 5.41) is 2.25. The highest BCUT2D eigenvalue weighted by atomic mass is 32.2. The van der Waals surface area contributed by atoms with Gasteiger partial charge >= 0.3 is 0 Å². The summed E-state index contributed by atoms with van der Waals surface area (Å²) in [6, 6.07) is 14.7. The Morgan fingerprint density at radius 1 is 1.14 bits per heavy atom. The molecule has 3 amide bonds. The second-order valence-corrected chi connectivity index (χ2v) is 7.83. The van der Waals surface area contributed by atoms with Crippen molar-refractivity contribution in [3.05, 3.63) is 64.6 Å². The Morgan fingerprint density at radius 3 is 2.48 bits per heavy atom. The van der Waals surface area contributed by atoms with Crippen LogP contribution in [0.5, 0.6) is 5.75 Å². The van der Waals surface area contributed by atoms with Crippen LogP contribution in [-0.4, -0.2) is 35.6 Å². The van der Waals surface area contributed by atoms with Gasteiger partial charge in [0.05, 0.1) is 12.0 Å². The van der Waals surface area contributed by atoms with Gasteiger partial charge in [0.15, 0.2) is 0 Å². The first-order valence-electron chi connectivity index (χ1n) is 9.17. The quantitative estimate of drug-likeness (QED) is 0.710. The van der Waals surface area contributed by atoms with Gasteiger partial charge in [-0.25, -0.2) is 0 Å². The molecule has 0 spiro atoms. The normalized spacial score (nSPS) is 15.3. The summed E-state index contributed by atoms with van der Waals surface area (Å²) in [5.74, 6) is 0.0753. The molecule has 2 aromatic rings. The Bertz CT molecular complexity index is 967. The predicted molar refractivity (Wildman–Crippen MR) is 115 cm³/mol. The number of carbonyl (C=O) groups is 3. The van der Waals surface area contributed by atoms with Gasteiger partial charge in [-0.3, -0.25) is 19.3 Å². The van der Waals surface area contributed by atoms with E-state index in [1.807, 2.05) is 36.4 Å². The Balaban J connectivity index is 1.68.